The van der Waals surface area contributed by atoms with Crippen molar-refractivity contribution in [3.63, 3.8) is 0 Å². The molecule has 0 unspecified atom stereocenters. The van der Waals surface area contributed by atoms with E-state index < -0.39 is 0 Å². The fourth-order valence-electron chi connectivity index (χ4n) is 2.23. The Morgan fingerprint density at radius 3 is 3.05 bits per heavy atom. The van der Waals surface area contributed by atoms with E-state index >= 15 is 0 Å². The lowest BCUT2D eigenvalue weighted by atomic mass is 10.1. The van der Waals surface area contributed by atoms with Crippen LogP contribution in [0.5, 0.6) is 0 Å². The quantitative estimate of drug-likeness (QED) is 0.748. The predicted molar refractivity (Wildman–Crippen MR) is 65.4 cm³/mol. The smallest absolute Gasteiger partial charge is 0.258 e. The molecular formula is C12H11N5O2. The second kappa shape index (κ2) is 4.13. The Bertz CT molecular complexity index is 714. The molecule has 1 fully saturated rings. The number of benzene rings is 1. The van der Waals surface area contributed by atoms with Gasteiger partial charge in [0, 0.05) is 18.1 Å². The van der Waals surface area contributed by atoms with Gasteiger partial charge in [-0.25, -0.2) is 0 Å². The summed E-state index contributed by atoms with van der Waals surface area (Å²) in [4.78, 5) is 4.44. The maximum atomic E-state index is 5.33. The van der Waals surface area contributed by atoms with Crippen molar-refractivity contribution in [1.82, 2.24) is 25.6 Å². The first kappa shape index (κ1) is 10.6. The molecular weight excluding hydrogens is 246 g/mol. The van der Waals surface area contributed by atoms with E-state index in [1.165, 1.54) is 0 Å². The molecule has 3 aromatic rings. The zero-order valence-electron chi connectivity index (χ0n) is 10.0. The molecule has 0 radical (unpaired) electrons. The molecule has 96 valence electrons. The molecule has 1 atom stereocenters. The fourth-order valence-corrected chi connectivity index (χ4v) is 2.23. The minimum absolute atomic E-state index is 0.244. The standard InChI is InChI=1S/C12H11N5O2/c1-2-9-10(15-17-14-9)5-7(1)12-13-11(16-19-12)8-3-4-18-6-8/h1-2,5,8H,3-4,6H2,(H,14,15,17)/t8-/m1/s1. The van der Waals surface area contributed by atoms with Gasteiger partial charge in [-0.15, -0.1) is 0 Å². The second-order valence-corrected chi connectivity index (χ2v) is 4.55. The van der Waals surface area contributed by atoms with E-state index in [2.05, 4.69) is 25.6 Å². The second-order valence-electron chi connectivity index (χ2n) is 4.55. The summed E-state index contributed by atoms with van der Waals surface area (Å²) in [6.45, 7) is 1.43. The van der Waals surface area contributed by atoms with Crippen LogP contribution in [0.4, 0.5) is 0 Å². The normalized spacial score (nSPS) is 19.3. The third-order valence-corrected chi connectivity index (χ3v) is 3.30. The molecule has 0 amide bonds. The van der Waals surface area contributed by atoms with Crippen molar-refractivity contribution in [2.75, 3.05) is 13.2 Å². The van der Waals surface area contributed by atoms with Crippen LogP contribution >= 0.6 is 0 Å². The first-order valence-corrected chi connectivity index (χ1v) is 6.12. The topological polar surface area (TPSA) is 89.7 Å². The minimum atomic E-state index is 0.244. The molecule has 19 heavy (non-hydrogen) atoms. The first-order valence-electron chi connectivity index (χ1n) is 6.12. The summed E-state index contributed by atoms with van der Waals surface area (Å²) in [7, 11) is 0. The molecule has 1 aliphatic rings. The summed E-state index contributed by atoms with van der Waals surface area (Å²) >= 11 is 0. The average Bonchev–Trinajstić information content (AvgIpc) is 3.18. The van der Waals surface area contributed by atoms with Crippen LogP contribution in [0.1, 0.15) is 18.2 Å². The largest absolute Gasteiger partial charge is 0.381 e. The first-order chi connectivity index (χ1) is 9.40. The van der Waals surface area contributed by atoms with Crippen molar-refractivity contribution in [2.24, 2.45) is 0 Å². The Hall–Kier alpha value is -2.28. The number of hydrogen-bond acceptors (Lipinski definition) is 6. The van der Waals surface area contributed by atoms with Crippen LogP contribution in [-0.2, 0) is 4.74 Å². The molecule has 3 heterocycles. The van der Waals surface area contributed by atoms with Gasteiger partial charge in [0.15, 0.2) is 5.82 Å². The van der Waals surface area contributed by atoms with Crippen molar-refractivity contribution in [1.29, 1.82) is 0 Å². The maximum absolute atomic E-state index is 5.33. The highest BCUT2D eigenvalue weighted by atomic mass is 16.5. The van der Waals surface area contributed by atoms with Crippen molar-refractivity contribution < 1.29 is 9.26 Å². The van der Waals surface area contributed by atoms with E-state index in [0.717, 1.165) is 29.6 Å². The average molecular weight is 257 g/mol. The van der Waals surface area contributed by atoms with Crippen LogP contribution in [0, 0.1) is 0 Å². The Morgan fingerprint density at radius 1 is 1.21 bits per heavy atom. The van der Waals surface area contributed by atoms with E-state index in [9.17, 15) is 0 Å². The van der Waals surface area contributed by atoms with Crippen molar-refractivity contribution in [3.05, 3.63) is 24.0 Å². The third kappa shape index (κ3) is 1.78. The van der Waals surface area contributed by atoms with Crippen molar-refractivity contribution in [3.8, 4) is 11.5 Å². The van der Waals surface area contributed by atoms with Gasteiger partial charge in [0.25, 0.3) is 5.89 Å². The zero-order chi connectivity index (χ0) is 12.7. The number of nitrogens with one attached hydrogen (secondary N) is 1. The lowest BCUT2D eigenvalue weighted by Crippen LogP contribution is -1.99. The monoisotopic (exact) mass is 257 g/mol. The van der Waals surface area contributed by atoms with Gasteiger partial charge in [0.1, 0.15) is 11.0 Å². The highest BCUT2D eigenvalue weighted by Crippen LogP contribution is 2.26. The molecule has 1 N–H and O–H groups in total. The Morgan fingerprint density at radius 2 is 2.16 bits per heavy atom. The van der Waals surface area contributed by atoms with Crippen LogP contribution in [0.25, 0.3) is 22.5 Å². The van der Waals surface area contributed by atoms with Gasteiger partial charge in [0.05, 0.1) is 6.61 Å². The van der Waals surface area contributed by atoms with Gasteiger partial charge in [-0.05, 0) is 24.6 Å². The number of hydrogen-bond donors (Lipinski definition) is 1. The molecule has 2 aromatic heterocycles. The van der Waals surface area contributed by atoms with Crippen LogP contribution < -0.4 is 0 Å². The number of fused-ring (bicyclic) bond motifs is 1. The molecule has 1 aromatic carbocycles. The molecule has 0 spiro atoms. The van der Waals surface area contributed by atoms with Crippen molar-refractivity contribution >= 4 is 11.0 Å². The van der Waals surface area contributed by atoms with E-state index in [1.807, 2.05) is 18.2 Å². The fraction of sp³-hybridized carbons (Fsp3) is 0.333. The highest BCUT2D eigenvalue weighted by molar-refractivity contribution is 5.78. The summed E-state index contributed by atoms with van der Waals surface area (Å²) in [6, 6.07) is 5.64. The number of H-pyrrole nitrogens is 1. The summed E-state index contributed by atoms with van der Waals surface area (Å²) in [5.74, 6) is 1.47. The van der Waals surface area contributed by atoms with E-state index in [1.54, 1.807) is 0 Å². The lowest BCUT2D eigenvalue weighted by Gasteiger charge is -1.97. The SMILES string of the molecule is c1cc2n[nH]nc2cc1-c1nc([C@@H]2CCOC2)no1. The molecule has 0 aliphatic carbocycles. The Balaban J connectivity index is 1.70. The molecule has 7 heteroatoms. The van der Waals surface area contributed by atoms with Gasteiger partial charge < -0.3 is 9.26 Å². The van der Waals surface area contributed by atoms with Gasteiger partial charge >= 0.3 is 0 Å². The molecule has 0 saturated carbocycles. The third-order valence-electron chi connectivity index (χ3n) is 3.30. The molecule has 4 rings (SSSR count). The number of aromatic nitrogens is 5. The summed E-state index contributed by atoms with van der Waals surface area (Å²) in [5, 5.41) is 14.7. The predicted octanol–water partition coefficient (Wildman–Crippen LogP) is 1.51. The van der Waals surface area contributed by atoms with E-state index in [-0.39, 0.29) is 5.92 Å². The number of nitrogens with zero attached hydrogens (tertiary/aromatic N) is 4. The Kier molecular flexibility index (Phi) is 2.31. The van der Waals surface area contributed by atoms with Crippen LogP contribution in [-0.4, -0.2) is 38.8 Å². The van der Waals surface area contributed by atoms with Gasteiger partial charge in [0.2, 0.25) is 0 Å². The lowest BCUT2D eigenvalue weighted by molar-refractivity contribution is 0.192. The number of ether oxygens (including phenoxy) is 1. The number of aromatic amines is 1. The zero-order valence-corrected chi connectivity index (χ0v) is 10.0. The highest BCUT2D eigenvalue weighted by Gasteiger charge is 2.23. The summed E-state index contributed by atoms with van der Waals surface area (Å²) in [5.41, 5.74) is 2.44. The van der Waals surface area contributed by atoms with Gasteiger partial charge in [-0.3, -0.25) is 0 Å². The molecule has 0 bridgehead atoms. The molecule has 7 nitrogen and oxygen atoms in total. The van der Waals surface area contributed by atoms with Gasteiger partial charge in [-0.2, -0.15) is 20.4 Å². The summed E-state index contributed by atoms with van der Waals surface area (Å²) < 4.78 is 10.6. The number of rotatable bonds is 2. The van der Waals surface area contributed by atoms with Crippen LogP contribution in [0.2, 0.25) is 0 Å². The van der Waals surface area contributed by atoms with Crippen molar-refractivity contribution in [2.45, 2.75) is 12.3 Å². The van der Waals surface area contributed by atoms with Crippen LogP contribution in [0.3, 0.4) is 0 Å². The van der Waals surface area contributed by atoms with Crippen LogP contribution in [0.15, 0.2) is 22.7 Å². The molecule has 1 saturated heterocycles. The minimum Gasteiger partial charge on any atom is -0.381 e. The van der Waals surface area contributed by atoms with Gasteiger partial charge in [-0.1, -0.05) is 5.16 Å². The Labute approximate surface area is 108 Å². The van der Waals surface area contributed by atoms with E-state index in [4.69, 9.17) is 9.26 Å². The molecule has 1 aliphatic heterocycles. The van der Waals surface area contributed by atoms with E-state index in [0.29, 0.717) is 18.3 Å². The summed E-state index contributed by atoms with van der Waals surface area (Å²) in [6.07, 6.45) is 0.946. The maximum Gasteiger partial charge on any atom is 0.258 e.